The van der Waals surface area contributed by atoms with Gasteiger partial charge in [0, 0.05) is 12.1 Å². The molecule has 1 N–H and O–H groups in total. The third-order valence-corrected chi connectivity index (χ3v) is 5.93. The van der Waals surface area contributed by atoms with Gasteiger partial charge in [-0.1, -0.05) is 60.3 Å². The minimum absolute atomic E-state index is 0.000664. The number of aromatic nitrogens is 3. The Balaban J connectivity index is 1.52. The fourth-order valence-corrected chi connectivity index (χ4v) is 4.23. The van der Waals surface area contributed by atoms with E-state index in [0.29, 0.717) is 23.9 Å². The molecule has 0 bridgehead atoms. The first-order valence-corrected chi connectivity index (χ1v) is 11.9. The van der Waals surface area contributed by atoms with Crippen molar-refractivity contribution < 1.29 is 14.5 Å². The van der Waals surface area contributed by atoms with Gasteiger partial charge in [-0.15, -0.1) is 10.2 Å². The number of hydrogen-bond acceptors (Lipinski definition) is 7. The Bertz CT molecular complexity index is 1310. The Morgan fingerprint density at radius 1 is 1.06 bits per heavy atom. The topological polar surface area (TPSA) is 112 Å². The summed E-state index contributed by atoms with van der Waals surface area (Å²) in [5, 5.41) is 23.3. The van der Waals surface area contributed by atoms with E-state index in [1.54, 1.807) is 13.0 Å². The monoisotopic (exact) mass is 489 g/mol. The molecule has 10 heteroatoms. The number of rotatable bonds is 10. The Labute approximate surface area is 206 Å². The summed E-state index contributed by atoms with van der Waals surface area (Å²) in [6.45, 7) is 2.17. The average Bonchev–Trinajstić information content (AvgIpc) is 3.27. The molecule has 1 amide bonds. The quantitative estimate of drug-likeness (QED) is 0.192. The molecule has 0 fully saturated rings. The lowest BCUT2D eigenvalue weighted by Crippen LogP contribution is -2.16. The van der Waals surface area contributed by atoms with Crippen molar-refractivity contribution >= 4 is 29.0 Å². The molecule has 178 valence electrons. The van der Waals surface area contributed by atoms with Crippen molar-refractivity contribution in [2.24, 2.45) is 0 Å². The first kappa shape index (κ1) is 24.0. The highest BCUT2D eigenvalue weighted by Crippen LogP contribution is 2.30. The van der Waals surface area contributed by atoms with Crippen LogP contribution in [0.15, 0.2) is 84.0 Å². The van der Waals surface area contributed by atoms with Gasteiger partial charge in [0.2, 0.25) is 5.91 Å². The largest absolute Gasteiger partial charge is 0.494 e. The molecule has 0 atom stereocenters. The van der Waals surface area contributed by atoms with Gasteiger partial charge in [-0.25, -0.2) is 0 Å². The summed E-state index contributed by atoms with van der Waals surface area (Å²) in [5.41, 5.74) is 1.85. The fourth-order valence-electron chi connectivity index (χ4n) is 3.46. The van der Waals surface area contributed by atoms with Crippen molar-refractivity contribution in [2.75, 3.05) is 17.7 Å². The summed E-state index contributed by atoms with van der Waals surface area (Å²) in [7, 11) is 0. The first-order valence-electron chi connectivity index (χ1n) is 10.9. The minimum atomic E-state index is -0.548. The molecule has 9 nitrogen and oxygen atoms in total. The van der Waals surface area contributed by atoms with Gasteiger partial charge in [0.25, 0.3) is 5.69 Å². The third kappa shape index (κ3) is 6.04. The van der Waals surface area contributed by atoms with E-state index in [9.17, 15) is 14.9 Å². The van der Waals surface area contributed by atoms with Crippen LogP contribution < -0.4 is 10.1 Å². The van der Waals surface area contributed by atoms with E-state index in [2.05, 4.69) is 15.5 Å². The van der Waals surface area contributed by atoms with Gasteiger partial charge >= 0.3 is 0 Å². The summed E-state index contributed by atoms with van der Waals surface area (Å²) in [6.07, 6.45) is 0.577. The Morgan fingerprint density at radius 3 is 2.46 bits per heavy atom. The number of nitro groups is 1. The standard InChI is InChI=1S/C25H23N5O4S/c1-2-34-20-13-14-21(22(16-20)30(32)33)26-24(31)17-35-25-28-27-23(15-18-9-5-3-6-10-18)29(25)19-11-7-4-8-12-19/h3-14,16H,2,15,17H2,1H3,(H,26,31). The van der Waals surface area contributed by atoms with Gasteiger partial charge in [0.1, 0.15) is 17.3 Å². The first-order chi connectivity index (χ1) is 17.0. The smallest absolute Gasteiger partial charge is 0.296 e. The number of carbonyl (C=O) groups excluding carboxylic acids is 1. The normalized spacial score (nSPS) is 10.7. The molecule has 1 heterocycles. The zero-order valence-electron chi connectivity index (χ0n) is 19.0. The number of nitrogens with zero attached hydrogens (tertiary/aromatic N) is 4. The highest BCUT2D eigenvalue weighted by atomic mass is 32.2. The van der Waals surface area contributed by atoms with Crippen molar-refractivity contribution in [3.05, 3.63) is 100 Å². The number of anilines is 1. The molecular formula is C25H23N5O4S. The predicted molar refractivity (Wildman–Crippen MR) is 134 cm³/mol. The van der Waals surface area contributed by atoms with Gasteiger partial charge in [0.15, 0.2) is 5.16 Å². The number of para-hydroxylation sites is 1. The van der Waals surface area contributed by atoms with Crippen molar-refractivity contribution in [1.82, 2.24) is 14.8 Å². The molecule has 0 aliphatic heterocycles. The molecule has 0 saturated carbocycles. The predicted octanol–water partition coefficient (Wildman–Crippen LogP) is 4.90. The van der Waals surface area contributed by atoms with E-state index in [1.807, 2.05) is 65.2 Å². The molecule has 3 aromatic carbocycles. The van der Waals surface area contributed by atoms with E-state index in [-0.39, 0.29) is 17.1 Å². The minimum Gasteiger partial charge on any atom is -0.494 e. The molecular weight excluding hydrogens is 466 g/mol. The van der Waals surface area contributed by atoms with E-state index < -0.39 is 10.8 Å². The van der Waals surface area contributed by atoms with Crippen LogP contribution in [0.25, 0.3) is 5.69 Å². The van der Waals surface area contributed by atoms with Crippen molar-refractivity contribution in [3.63, 3.8) is 0 Å². The highest BCUT2D eigenvalue weighted by molar-refractivity contribution is 7.99. The van der Waals surface area contributed by atoms with Crippen LogP contribution in [0.3, 0.4) is 0 Å². The number of amides is 1. The molecule has 0 unspecified atom stereocenters. The van der Waals surface area contributed by atoms with E-state index in [0.717, 1.165) is 17.1 Å². The van der Waals surface area contributed by atoms with Gasteiger partial charge in [-0.2, -0.15) is 0 Å². The van der Waals surface area contributed by atoms with Crippen LogP contribution >= 0.6 is 11.8 Å². The van der Waals surface area contributed by atoms with Gasteiger partial charge in [0.05, 0.1) is 23.3 Å². The summed E-state index contributed by atoms with van der Waals surface area (Å²) in [5.74, 6) is 0.719. The van der Waals surface area contributed by atoms with Crippen LogP contribution in [-0.2, 0) is 11.2 Å². The number of nitrogens with one attached hydrogen (secondary N) is 1. The van der Waals surface area contributed by atoms with Gasteiger partial charge < -0.3 is 10.1 Å². The average molecular weight is 490 g/mol. The second-order valence-corrected chi connectivity index (χ2v) is 8.38. The Morgan fingerprint density at radius 2 is 1.77 bits per heavy atom. The van der Waals surface area contributed by atoms with E-state index in [1.165, 1.54) is 23.9 Å². The zero-order chi connectivity index (χ0) is 24.6. The molecule has 4 aromatic rings. The van der Waals surface area contributed by atoms with Crippen LogP contribution in [0.1, 0.15) is 18.3 Å². The lowest BCUT2D eigenvalue weighted by molar-refractivity contribution is -0.384. The van der Waals surface area contributed by atoms with E-state index >= 15 is 0 Å². The maximum absolute atomic E-state index is 12.7. The van der Waals surface area contributed by atoms with Crippen LogP contribution in [0, 0.1) is 10.1 Å². The van der Waals surface area contributed by atoms with Gasteiger partial charge in [-0.05, 0) is 36.8 Å². The number of nitro benzene ring substituents is 1. The number of thioether (sulfide) groups is 1. The molecule has 0 aliphatic carbocycles. The summed E-state index contributed by atoms with van der Waals surface area (Å²) < 4.78 is 7.24. The molecule has 0 radical (unpaired) electrons. The second-order valence-electron chi connectivity index (χ2n) is 7.44. The van der Waals surface area contributed by atoms with Crippen LogP contribution in [-0.4, -0.2) is 38.0 Å². The summed E-state index contributed by atoms with van der Waals surface area (Å²) >= 11 is 1.21. The molecule has 0 spiro atoms. The Kier molecular flexibility index (Phi) is 7.74. The maximum Gasteiger partial charge on any atom is 0.296 e. The number of ether oxygens (including phenoxy) is 1. The Hall–Kier alpha value is -4.18. The van der Waals surface area contributed by atoms with Crippen LogP contribution in [0.2, 0.25) is 0 Å². The molecule has 35 heavy (non-hydrogen) atoms. The molecule has 0 aliphatic rings. The second kappa shape index (κ2) is 11.3. The lowest BCUT2D eigenvalue weighted by Gasteiger charge is -2.11. The number of carbonyl (C=O) groups is 1. The van der Waals surface area contributed by atoms with Crippen molar-refractivity contribution in [3.8, 4) is 11.4 Å². The van der Waals surface area contributed by atoms with E-state index in [4.69, 9.17) is 4.74 Å². The number of benzene rings is 3. The van der Waals surface area contributed by atoms with Crippen LogP contribution in [0.5, 0.6) is 5.75 Å². The molecule has 0 saturated heterocycles. The third-order valence-electron chi connectivity index (χ3n) is 5.00. The van der Waals surface area contributed by atoms with Gasteiger partial charge in [-0.3, -0.25) is 19.5 Å². The highest BCUT2D eigenvalue weighted by Gasteiger charge is 2.19. The van der Waals surface area contributed by atoms with Crippen molar-refractivity contribution in [1.29, 1.82) is 0 Å². The zero-order valence-corrected chi connectivity index (χ0v) is 19.8. The van der Waals surface area contributed by atoms with Crippen LogP contribution in [0.4, 0.5) is 11.4 Å². The summed E-state index contributed by atoms with van der Waals surface area (Å²) in [6, 6.07) is 24.0. The maximum atomic E-state index is 12.7. The summed E-state index contributed by atoms with van der Waals surface area (Å²) in [4.78, 5) is 23.6. The lowest BCUT2D eigenvalue weighted by atomic mass is 10.1. The SMILES string of the molecule is CCOc1ccc(NC(=O)CSc2nnc(Cc3ccccc3)n2-c2ccccc2)c([N+](=O)[O-])c1. The number of hydrogen-bond donors (Lipinski definition) is 1. The fraction of sp³-hybridized carbons (Fsp3) is 0.160. The molecule has 1 aromatic heterocycles. The van der Waals surface area contributed by atoms with Crippen molar-refractivity contribution in [2.45, 2.75) is 18.5 Å². The molecule has 4 rings (SSSR count).